The zero-order chi connectivity index (χ0) is 18.2. The lowest BCUT2D eigenvalue weighted by atomic mass is 10.1. The van der Waals surface area contributed by atoms with Crippen molar-refractivity contribution < 1.29 is 9.59 Å². The average molecular weight is 336 g/mol. The molecule has 0 aliphatic carbocycles. The molecule has 128 valence electrons. The Kier molecular flexibility index (Phi) is 6.13. The highest BCUT2D eigenvalue weighted by Gasteiger charge is 2.14. The standard InChI is InChI=1S/C19H20N4O2/c1-13(19(25)23-17-6-4-3-5-15(17)12-20)22-16-9-7-14(8-10-16)11-18(24)21-2/h3-10,13,22H,11H2,1-2H3,(H,21,24)(H,23,25). The van der Waals surface area contributed by atoms with Crippen LogP contribution in [0.25, 0.3) is 0 Å². The minimum atomic E-state index is -0.489. The van der Waals surface area contributed by atoms with Crippen LogP contribution < -0.4 is 16.0 Å². The molecule has 0 heterocycles. The highest BCUT2D eigenvalue weighted by molar-refractivity contribution is 5.97. The SMILES string of the molecule is CNC(=O)Cc1ccc(NC(C)C(=O)Nc2ccccc2C#N)cc1. The number of hydrogen-bond acceptors (Lipinski definition) is 4. The van der Waals surface area contributed by atoms with E-state index < -0.39 is 6.04 Å². The van der Waals surface area contributed by atoms with Crippen LogP contribution in [0.1, 0.15) is 18.1 Å². The Bertz CT molecular complexity index is 794. The minimum absolute atomic E-state index is 0.0513. The molecule has 2 aromatic carbocycles. The predicted octanol–water partition coefficient (Wildman–Crippen LogP) is 2.29. The number of likely N-dealkylation sites (N-methyl/N-ethyl adjacent to an activating group) is 1. The van der Waals surface area contributed by atoms with Gasteiger partial charge in [-0.25, -0.2) is 0 Å². The molecule has 2 aromatic rings. The Morgan fingerprint density at radius 1 is 1.12 bits per heavy atom. The monoisotopic (exact) mass is 336 g/mol. The van der Waals surface area contributed by atoms with Crippen molar-refractivity contribution in [3.8, 4) is 6.07 Å². The summed E-state index contributed by atoms with van der Waals surface area (Å²) in [4.78, 5) is 23.7. The fraction of sp³-hybridized carbons (Fsp3) is 0.211. The van der Waals surface area contributed by atoms with Crippen molar-refractivity contribution in [3.05, 3.63) is 59.7 Å². The maximum Gasteiger partial charge on any atom is 0.246 e. The Labute approximate surface area is 146 Å². The van der Waals surface area contributed by atoms with Gasteiger partial charge in [-0.2, -0.15) is 5.26 Å². The van der Waals surface area contributed by atoms with Gasteiger partial charge in [0, 0.05) is 12.7 Å². The van der Waals surface area contributed by atoms with Crippen LogP contribution >= 0.6 is 0 Å². The van der Waals surface area contributed by atoms with Gasteiger partial charge in [0.25, 0.3) is 0 Å². The molecular formula is C19H20N4O2. The van der Waals surface area contributed by atoms with Crippen LogP contribution in [0.4, 0.5) is 11.4 Å². The smallest absolute Gasteiger partial charge is 0.246 e. The molecule has 0 saturated carbocycles. The fourth-order valence-corrected chi connectivity index (χ4v) is 2.24. The summed E-state index contributed by atoms with van der Waals surface area (Å²) < 4.78 is 0. The molecule has 6 heteroatoms. The molecule has 0 aliphatic heterocycles. The number of amides is 2. The Hall–Kier alpha value is -3.33. The summed E-state index contributed by atoms with van der Waals surface area (Å²) in [6.07, 6.45) is 0.317. The number of nitrogens with zero attached hydrogens (tertiary/aromatic N) is 1. The van der Waals surface area contributed by atoms with Crippen LogP contribution in [0.2, 0.25) is 0 Å². The maximum atomic E-state index is 12.3. The summed E-state index contributed by atoms with van der Waals surface area (Å²) in [6, 6.07) is 15.7. The number of benzene rings is 2. The Morgan fingerprint density at radius 2 is 1.80 bits per heavy atom. The number of anilines is 2. The van der Waals surface area contributed by atoms with Crippen LogP contribution in [0.15, 0.2) is 48.5 Å². The molecule has 3 N–H and O–H groups in total. The molecular weight excluding hydrogens is 316 g/mol. The zero-order valence-corrected chi connectivity index (χ0v) is 14.2. The van der Waals surface area contributed by atoms with E-state index in [0.717, 1.165) is 11.3 Å². The molecule has 1 atom stereocenters. The van der Waals surface area contributed by atoms with Gasteiger partial charge in [-0.15, -0.1) is 0 Å². The third-order valence-corrected chi connectivity index (χ3v) is 3.68. The molecule has 0 aromatic heterocycles. The third kappa shape index (κ3) is 5.08. The second-order valence-corrected chi connectivity index (χ2v) is 5.56. The number of nitrogens with one attached hydrogen (secondary N) is 3. The van der Waals surface area contributed by atoms with E-state index in [9.17, 15) is 9.59 Å². The van der Waals surface area contributed by atoms with Crippen molar-refractivity contribution >= 4 is 23.2 Å². The summed E-state index contributed by atoms with van der Waals surface area (Å²) in [5.74, 6) is -0.290. The second-order valence-electron chi connectivity index (χ2n) is 5.56. The van der Waals surface area contributed by atoms with Crippen LogP contribution in [0.5, 0.6) is 0 Å². The largest absolute Gasteiger partial charge is 0.374 e. The summed E-state index contributed by atoms with van der Waals surface area (Å²) in [5, 5.41) is 17.5. The molecule has 0 spiro atoms. The average Bonchev–Trinajstić information content (AvgIpc) is 2.63. The van der Waals surface area contributed by atoms with E-state index in [1.807, 2.05) is 30.3 Å². The number of nitriles is 1. The molecule has 0 saturated heterocycles. The van der Waals surface area contributed by atoms with E-state index in [1.165, 1.54) is 0 Å². The van der Waals surface area contributed by atoms with Gasteiger partial charge in [0.2, 0.25) is 11.8 Å². The first-order chi connectivity index (χ1) is 12.0. The van der Waals surface area contributed by atoms with E-state index in [4.69, 9.17) is 5.26 Å². The van der Waals surface area contributed by atoms with Crippen molar-refractivity contribution in [2.75, 3.05) is 17.7 Å². The van der Waals surface area contributed by atoms with Crippen molar-refractivity contribution in [3.63, 3.8) is 0 Å². The highest BCUT2D eigenvalue weighted by atomic mass is 16.2. The second kappa shape index (κ2) is 8.50. The quantitative estimate of drug-likeness (QED) is 0.754. The van der Waals surface area contributed by atoms with Crippen molar-refractivity contribution in [2.24, 2.45) is 0 Å². The first kappa shape index (κ1) is 18.0. The molecule has 0 radical (unpaired) electrons. The predicted molar refractivity (Wildman–Crippen MR) is 97.1 cm³/mol. The van der Waals surface area contributed by atoms with E-state index in [1.54, 1.807) is 38.2 Å². The number of rotatable bonds is 6. The summed E-state index contributed by atoms with van der Waals surface area (Å²) in [7, 11) is 1.60. The zero-order valence-electron chi connectivity index (χ0n) is 14.2. The van der Waals surface area contributed by atoms with E-state index >= 15 is 0 Å². The van der Waals surface area contributed by atoms with Crippen molar-refractivity contribution in [1.82, 2.24) is 5.32 Å². The van der Waals surface area contributed by atoms with Gasteiger partial charge < -0.3 is 16.0 Å². The normalized spacial score (nSPS) is 11.1. The summed E-state index contributed by atoms with van der Waals surface area (Å²) in [6.45, 7) is 1.74. The Balaban J connectivity index is 1.97. The maximum absolute atomic E-state index is 12.3. The number of para-hydroxylation sites is 1. The molecule has 2 amide bonds. The lowest BCUT2D eigenvalue weighted by Gasteiger charge is -2.16. The van der Waals surface area contributed by atoms with Crippen LogP contribution in [0, 0.1) is 11.3 Å². The number of hydrogen-bond donors (Lipinski definition) is 3. The van der Waals surface area contributed by atoms with Crippen LogP contribution in [-0.4, -0.2) is 24.9 Å². The Morgan fingerprint density at radius 3 is 2.44 bits per heavy atom. The lowest BCUT2D eigenvalue weighted by molar-refractivity contribution is -0.120. The van der Waals surface area contributed by atoms with Gasteiger partial charge in [0.15, 0.2) is 0 Å². The molecule has 2 rings (SSSR count). The minimum Gasteiger partial charge on any atom is -0.374 e. The van der Waals surface area contributed by atoms with E-state index in [2.05, 4.69) is 16.0 Å². The lowest BCUT2D eigenvalue weighted by Crippen LogP contribution is -2.32. The van der Waals surface area contributed by atoms with Crippen LogP contribution in [-0.2, 0) is 16.0 Å². The summed E-state index contributed by atoms with van der Waals surface area (Å²) in [5.41, 5.74) is 2.58. The molecule has 0 fully saturated rings. The molecule has 6 nitrogen and oxygen atoms in total. The fourth-order valence-electron chi connectivity index (χ4n) is 2.24. The van der Waals surface area contributed by atoms with E-state index in [0.29, 0.717) is 17.7 Å². The topological polar surface area (TPSA) is 94.0 Å². The van der Waals surface area contributed by atoms with Gasteiger partial charge in [0.05, 0.1) is 17.7 Å². The molecule has 0 aliphatic rings. The number of carbonyl (C=O) groups excluding carboxylic acids is 2. The van der Waals surface area contributed by atoms with Gasteiger partial charge >= 0.3 is 0 Å². The van der Waals surface area contributed by atoms with E-state index in [-0.39, 0.29) is 11.8 Å². The molecule has 1 unspecified atom stereocenters. The van der Waals surface area contributed by atoms with Gasteiger partial charge in [-0.05, 0) is 36.8 Å². The number of carbonyl (C=O) groups is 2. The van der Waals surface area contributed by atoms with Crippen molar-refractivity contribution in [2.45, 2.75) is 19.4 Å². The third-order valence-electron chi connectivity index (χ3n) is 3.68. The van der Waals surface area contributed by atoms with Gasteiger partial charge in [-0.3, -0.25) is 9.59 Å². The van der Waals surface area contributed by atoms with Gasteiger partial charge in [-0.1, -0.05) is 24.3 Å². The first-order valence-corrected chi connectivity index (χ1v) is 7.89. The summed E-state index contributed by atoms with van der Waals surface area (Å²) >= 11 is 0. The first-order valence-electron chi connectivity index (χ1n) is 7.89. The van der Waals surface area contributed by atoms with Gasteiger partial charge in [0.1, 0.15) is 12.1 Å². The molecule has 0 bridgehead atoms. The highest BCUT2D eigenvalue weighted by Crippen LogP contribution is 2.15. The van der Waals surface area contributed by atoms with Crippen LogP contribution in [0.3, 0.4) is 0 Å². The van der Waals surface area contributed by atoms with Crippen molar-refractivity contribution in [1.29, 1.82) is 5.26 Å². The molecule has 25 heavy (non-hydrogen) atoms.